The zero-order valence-electron chi connectivity index (χ0n) is 9.28. The van der Waals surface area contributed by atoms with Gasteiger partial charge in [-0.1, -0.05) is 11.3 Å². The summed E-state index contributed by atoms with van der Waals surface area (Å²) in [6.07, 6.45) is 0. The highest BCUT2D eigenvalue weighted by Crippen LogP contribution is 2.19. The summed E-state index contributed by atoms with van der Waals surface area (Å²) in [4.78, 5) is 0.0919. The summed E-state index contributed by atoms with van der Waals surface area (Å²) >= 11 is 1.09. The third-order valence-electron chi connectivity index (χ3n) is 2.21. The summed E-state index contributed by atoms with van der Waals surface area (Å²) in [6, 6.07) is 6.29. The van der Waals surface area contributed by atoms with Crippen molar-refractivity contribution in [2.75, 3.05) is 4.72 Å². The molecule has 0 saturated carbocycles. The van der Waals surface area contributed by atoms with E-state index in [-0.39, 0.29) is 10.0 Å². The van der Waals surface area contributed by atoms with Crippen molar-refractivity contribution in [2.24, 2.45) is 0 Å². The summed E-state index contributed by atoms with van der Waals surface area (Å²) in [7, 11) is -3.68. The van der Waals surface area contributed by atoms with E-state index < -0.39 is 10.0 Å². The number of anilines is 1. The van der Waals surface area contributed by atoms with Gasteiger partial charge in [0.2, 0.25) is 5.13 Å². The first-order valence-corrected chi connectivity index (χ1v) is 7.19. The van der Waals surface area contributed by atoms with E-state index in [2.05, 4.69) is 14.9 Å². The van der Waals surface area contributed by atoms with Crippen LogP contribution in [0.1, 0.15) is 11.1 Å². The Labute approximate surface area is 108 Å². The number of hydrogen-bond donors (Lipinski definition) is 1. The van der Waals surface area contributed by atoms with Crippen LogP contribution in [-0.2, 0) is 10.0 Å². The van der Waals surface area contributed by atoms with Crippen molar-refractivity contribution in [3.63, 3.8) is 0 Å². The Kier molecular flexibility index (Phi) is 3.27. The molecule has 0 bridgehead atoms. The Bertz CT molecular complexity index is 702. The van der Waals surface area contributed by atoms with Crippen molar-refractivity contribution in [3.8, 4) is 6.07 Å². The molecule has 1 aromatic heterocycles. The maximum atomic E-state index is 12.0. The molecule has 1 aromatic carbocycles. The minimum Gasteiger partial charge on any atom is -0.253 e. The molecule has 0 atom stereocenters. The standard InChI is InChI=1S/C10H8N4O2S2/c1-7-4-9(3-2-8(7)5-11)18(15,16)14-10-13-12-6-17-10/h2-4,6H,1H3,(H,13,14). The van der Waals surface area contributed by atoms with Crippen LogP contribution in [0.3, 0.4) is 0 Å². The molecule has 0 radical (unpaired) electrons. The van der Waals surface area contributed by atoms with E-state index in [0.29, 0.717) is 11.1 Å². The van der Waals surface area contributed by atoms with Crippen molar-refractivity contribution >= 4 is 26.5 Å². The Hall–Kier alpha value is -1.98. The number of benzene rings is 1. The number of sulfonamides is 1. The Morgan fingerprint density at radius 2 is 2.22 bits per heavy atom. The number of nitrogens with one attached hydrogen (secondary N) is 1. The first kappa shape index (κ1) is 12.5. The van der Waals surface area contributed by atoms with Crippen LogP contribution in [0.2, 0.25) is 0 Å². The van der Waals surface area contributed by atoms with Gasteiger partial charge in [0.15, 0.2) is 0 Å². The Morgan fingerprint density at radius 3 is 2.78 bits per heavy atom. The van der Waals surface area contributed by atoms with Gasteiger partial charge < -0.3 is 0 Å². The molecule has 0 saturated heterocycles. The topological polar surface area (TPSA) is 95.7 Å². The second kappa shape index (κ2) is 4.72. The van der Waals surface area contributed by atoms with Crippen molar-refractivity contribution < 1.29 is 8.42 Å². The van der Waals surface area contributed by atoms with E-state index in [1.807, 2.05) is 6.07 Å². The van der Waals surface area contributed by atoms with E-state index in [0.717, 1.165) is 11.3 Å². The smallest absolute Gasteiger partial charge is 0.253 e. The largest absolute Gasteiger partial charge is 0.263 e. The van der Waals surface area contributed by atoms with E-state index in [9.17, 15) is 8.42 Å². The lowest BCUT2D eigenvalue weighted by Gasteiger charge is -2.06. The highest BCUT2D eigenvalue weighted by atomic mass is 32.2. The minimum absolute atomic E-state index is 0.0919. The van der Waals surface area contributed by atoms with E-state index in [1.54, 1.807) is 6.92 Å². The summed E-state index contributed by atoms with van der Waals surface area (Å²) in [5.74, 6) is 0. The lowest BCUT2D eigenvalue weighted by molar-refractivity contribution is 0.601. The van der Waals surface area contributed by atoms with Gasteiger partial charge >= 0.3 is 0 Å². The maximum Gasteiger partial charge on any atom is 0.263 e. The fraction of sp³-hybridized carbons (Fsp3) is 0.100. The molecule has 8 heteroatoms. The van der Waals surface area contributed by atoms with Crippen LogP contribution < -0.4 is 4.72 Å². The third kappa shape index (κ3) is 2.47. The SMILES string of the molecule is Cc1cc(S(=O)(=O)Nc2nncs2)ccc1C#N. The molecule has 2 aromatic rings. The van der Waals surface area contributed by atoms with Crippen molar-refractivity contribution in [1.82, 2.24) is 10.2 Å². The number of aromatic nitrogens is 2. The number of nitriles is 1. The molecule has 0 spiro atoms. The molecule has 0 aliphatic rings. The molecule has 2 rings (SSSR count). The van der Waals surface area contributed by atoms with Crippen molar-refractivity contribution in [3.05, 3.63) is 34.8 Å². The average Bonchev–Trinajstić information content (AvgIpc) is 2.81. The van der Waals surface area contributed by atoms with Crippen LogP contribution in [0.5, 0.6) is 0 Å². The van der Waals surface area contributed by atoms with Gasteiger partial charge in [0.25, 0.3) is 10.0 Å². The molecular formula is C10H8N4O2S2. The number of hydrogen-bond acceptors (Lipinski definition) is 6. The lowest BCUT2D eigenvalue weighted by Crippen LogP contribution is -2.13. The quantitative estimate of drug-likeness (QED) is 0.919. The fourth-order valence-electron chi connectivity index (χ4n) is 1.32. The molecule has 0 unspecified atom stereocenters. The molecule has 18 heavy (non-hydrogen) atoms. The molecule has 0 aliphatic carbocycles. The molecule has 1 heterocycles. The van der Waals surface area contributed by atoms with Gasteiger partial charge in [-0.15, -0.1) is 10.2 Å². The molecule has 0 fully saturated rings. The van der Waals surface area contributed by atoms with Gasteiger partial charge in [0.1, 0.15) is 5.51 Å². The van der Waals surface area contributed by atoms with Gasteiger partial charge in [-0.05, 0) is 30.7 Å². The van der Waals surface area contributed by atoms with Crippen molar-refractivity contribution in [1.29, 1.82) is 5.26 Å². The molecule has 0 amide bonds. The zero-order valence-corrected chi connectivity index (χ0v) is 10.9. The minimum atomic E-state index is -3.68. The lowest BCUT2D eigenvalue weighted by atomic mass is 10.1. The average molecular weight is 280 g/mol. The summed E-state index contributed by atoms with van der Waals surface area (Å²) in [5, 5.41) is 16.1. The van der Waals surface area contributed by atoms with E-state index in [4.69, 9.17) is 5.26 Å². The van der Waals surface area contributed by atoms with Gasteiger partial charge in [-0.3, -0.25) is 4.72 Å². The number of aryl methyl sites for hydroxylation is 1. The van der Waals surface area contributed by atoms with Crippen LogP contribution in [0.15, 0.2) is 28.6 Å². The summed E-state index contributed by atoms with van der Waals surface area (Å²) < 4.78 is 26.3. The van der Waals surface area contributed by atoms with Crippen LogP contribution in [0, 0.1) is 18.3 Å². The molecule has 1 N–H and O–H groups in total. The van der Waals surface area contributed by atoms with Crippen molar-refractivity contribution in [2.45, 2.75) is 11.8 Å². The van der Waals surface area contributed by atoms with E-state index >= 15 is 0 Å². The Morgan fingerprint density at radius 1 is 1.44 bits per heavy atom. The van der Waals surface area contributed by atoms with Crippen LogP contribution in [0.4, 0.5) is 5.13 Å². The molecule has 0 aliphatic heterocycles. The van der Waals surface area contributed by atoms with Gasteiger partial charge in [0, 0.05) is 0 Å². The normalized spacial score (nSPS) is 10.9. The monoisotopic (exact) mass is 280 g/mol. The predicted octanol–water partition coefficient (Wildman–Crippen LogP) is 1.52. The van der Waals surface area contributed by atoms with Gasteiger partial charge in [-0.2, -0.15) is 5.26 Å². The second-order valence-electron chi connectivity index (χ2n) is 3.44. The molecular weight excluding hydrogens is 272 g/mol. The third-order valence-corrected chi connectivity index (χ3v) is 4.28. The van der Waals surface area contributed by atoms with Crippen LogP contribution >= 0.6 is 11.3 Å². The van der Waals surface area contributed by atoms with E-state index in [1.165, 1.54) is 23.7 Å². The predicted molar refractivity (Wildman–Crippen MR) is 66.6 cm³/mol. The molecule has 6 nitrogen and oxygen atoms in total. The number of rotatable bonds is 3. The fourth-order valence-corrected chi connectivity index (χ4v) is 3.10. The number of nitrogens with zero attached hydrogens (tertiary/aromatic N) is 3. The summed E-state index contributed by atoms with van der Waals surface area (Å²) in [6.45, 7) is 1.68. The summed E-state index contributed by atoms with van der Waals surface area (Å²) in [5.41, 5.74) is 2.49. The van der Waals surface area contributed by atoms with Gasteiger partial charge in [0.05, 0.1) is 16.5 Å². The Balaban J connectivity index is 2.36. The highest BCUT2D eigenvalue weighted by Gasteiger charge is 2.16. The first-order valence-electron chi connectivity index (χ1n) is 4.82. The van der Waals surface area contributed by atoms with Crippen LogP contribution in [-0.4, -0.2) is 18.6 Å². The van der Waals surface area contributed by atoms with Gasteiger partial charge in [-0.25, -0.2) is 8.42 Å². The second-order valence-corrected chi connectivity index (χ2v) is 5.95. The zero-order chi connectivity index (χ0) is 13.2. The highest BCUT2D eigenvalue weighted by molar-refractivity contribution is 7.93. The maximum absolute atomic E-state index is 12.0. The first-order chi connectivity index (χ1) is 8.53. The van der Waals surface area contributed by atoms with Crippen LogP contribution in [0.25, 0.3) is 0 Å². The molecule has 92 valence electrons.